The third-order valence-electron chi connectivity index (χ3n) is 4.77. The van der Waals surface area contributed by atoms with Gasteiger partial charge in [0.05, 0.1) is 13.2 Å². The van der Waals surface area contributed by atoms with Gasteiger partial charge in [0, 0.05) is 55.7 Å². The summed E-state index contributed by atoms with van der Waals surface area (Å²) >= 11 is 6.12. The number of carbonyl (C=O) groups excluding carboxylic acids is 1. The predicted molar refractivity (Wildman–Crippen MR) is 105 cm³/mol. The Morgan fingerprint density at radius 1 is 1.26 bits per heavy atom. The Morgan fingerprint density at radius 2 is 1.96 bits per heavy atom. The first-order chi connectivity index (χ1) is 13.1. The second-order valence-corrected chi connectivity index (χ2v) is 6.94. The average Bonchev–Trinajstić information content (AvgIpc) is 2.69. The van der Waals surface area contributed by atoms with Gasteiger partial charge in [-0.1, -0.05) is 11.6 Å². The summed E-state index contributed by atoms with van der Waals surface area (Å²) in [4.78, 5) is 25.0. The number of nitrogens with zero attached hydrogens (tertiary/aromatic N) is 4. The zero-order valence-corrected chi connectivity index (χ0v) is 16.3. The zero-order chi connectivity index (χ0) is 19.2. The zero-order valence-electron chi connectivity index (χ0n) is 15.6. The summed E-state index contributed by atoms with van der Waals surface area (Å²) in [6.07, 6.45) is 3.21. The third kappa shape index (κ3) is 5.15. The molecule has 0 saturated carbocycles. The van der Waals surface area contributed by atoms with Crippen molar-refractivity contribution >= 4 is 23.5 Å². The van der Waals surface area contributed by atoms with Gasteiger partial charge in [-0.05, 0) is 31.2 Å². The topological polar surface area (TPSA) is 70.6 Å². The Labute approximate surface area is 164 Å². The highest BCUT2D eigenvalue weighted by Gasteiger charge is 2.26. The van der Waals surface area contributed by atoms with Crippen LogP contribution in [0.2, 0.25) is 5.02 Å². The molecule has 2 heterocycles. The van der Waals surface area contributed by atoms with Crippen LogP contribution in [0.4, 0.5) is 5.95 Å². The normalized spacial score (nSPS) is 16.7. The SMILES string of the molecule is COc1ccc(Cl)cc1CN1CCN(C(C)C(=O)Nc2ncccn2)CC1. The molecule has 27 heavy (non-hydrogen) atoms. The molecular formula is C19H24ClN5O2. The van der Waals surface area contributed by atoms with E-state index in [9.17, 15) is 4.79 Å². The van der Waals surface area contributed by atoms with E-state index in [1.165, 1.54) is 0 Å². The number of amides is 1. The standard InChI is InChI=1S/C19H24ClN5O2/c1-14(18(26)23-19-21-6-3-7-22-19)25-10-8-24(9-11-25)13-15-12-16(20)4-5-17(15)27-2/h3-7,12,14H,8-11,13H2,1-2H3,(H,21,22,23,26). The molecule has 1 unspecified atom stereocenters. The van der Waals surface area contributed by atoms with Crippen molar-refractivity contribution in [1.29, 1.82) is 0 Å². The molecule has 0 bridgehead atoms. The number of benzene rings is 1. The lowest BCUT2D eigenvalue weighted by atomic mass is 10.1. The van der Waals surface area contributed by atoms with Crippen molar-refractivity contribution in [3.63, 3.8) is 0 Å². The van der Waals surface area contributed by atoms with E-state index < -0.39 is 0 Å². The van der Waals surface area contributed by atoms with Gasteiger partial charge in [-0.25, -0.2) is 9.97 Å². The monoisotopic (exact) mass is 389 g/mol. The van der Waals surface area contributed by atoms with Gasteiger partial charge in [0.25, 0.3) is 0 Å². The highest BCUT2D eigenvalue weighted by Crippen LogP contribution is 2.24. The summed E-state index contributed by atoms with van der Waals surface area (Å²) < 4.78 is 5.43. The highest BCUT2D eigenvalue weighted by atomic mass is 35.5. The molecule has 7 nitrogen and oxygen atoms in total. The van der Waals surface area contributed by atoms with Crippen molar-refractivity contribution in [1.82, 2.24) is 19.8 Å². The fourth-order valence-electron chi connectivity index (χ4n) is 3.16. The molecule has 3 rings (SSSR count). The molecule has 2 aromatic rings. The minimum Gasteiger partial charge on any atom is -0.496 e. The van der Waals surface area contributed by atoms with E-state index >= 15 is 0 Å². The average molecular weight is 390 g/mol. The third-order valence-corrected chi connectivity index (χ3v) is 5.01. The fourth-order valence-corrected chi connectivity index (χ4v) is 3.36. The van der Waals surface area contributed by atoms with Crippen molar-refractivity contribution < 1.29 is 9.53 Å². The molecular weight excluding hydrogens is 366 g/mol. The Kier molecular flexibility index (Phi) is 6.60. The smallest absolute Gasteiger partial charge is 0.243 e. The van der Waals surface area contributed by atoms with Crippen LogP contribution >= 0.6 is 11.6 Å². The maximum atomic E-state index is 12.4. The van der Waals surface area contributed by atoms with Crippen molar-refractivity contribution in [2.45, 2.75) is 19.5 Å². The van der Waals surface area contributed by atoms with Crippen LogP contribution in [0.3, 0.4) is 0 Å². The summed E-state index contributed by atoms with van der Waals surface area (Å²) in [5.74, 6) is 1.09. The first-order valence-electron chi connectivity index (χ1n) is 8.93. The molecule has 144 valence electrons. The Bertz CT molecular complexity index is 766. The van der Waals surface area contributed by atoms with Crippen molar-refractivity contribution in [3.05, 3.63) is 47.2 Å². The largest absolute Gasteiger partial charge is 0.496 e. The van der Waals surface area contributed by atoms with E-state index in [2.05, 4.69) is 25.1 Å². The fraction of sp³-hybridized carbons (Fsp3) is 0.421. The van der Waals surface area contributed by atoms with Crippen LogP contribution in [-0.2, 0) is 11.3 Å². The lowest BCUT2D eigenvalue weighted by Gasteiger charge is -2.37. The minimum atomic E-state index is -0.239. The molecule has 1 N–H and O–H groups in total. The van der Waals surface area contributed by atoms with E-state index in [-0.39, 0.29) is 11.9 Å². The molecule has 0 spiro atoms. The second kappa shape index (κ2) is 9.12. The van der Waals surface area contributed by atoms with Crippen LogP contribution in [0.15, 0.2) is 36.7 Å². The first-order valence-corrected chi connectivity index (χ1v) is 9.31. The minimum absolute atomic E-state index is 0.0915. The van der Waals surface area contributed by atoms with Crippen LogP contribution in [-0.4, -0.2) is 65.0 Å². The van der Waals surface area contributed by atoms with Crippen molar-refractivity contribution in [2.24, 2.45) is 0 Å². The quantitative estimate of drug-likeness (QED) is 0.817. The van der Waals surface area contributed by atoms with Crippen LogP contribution in [0, 0.1) is 0 Å². The Morgan fingerprint density at radius 3 is 2.63 bits per heavy atom. The number of carbonyl (C=O) groups is 1. The van der Waals surface area contributed by atoms with Gasteiger partial charge in [0.15, 0.2) is 0 Å². The maximum Gasteiger partial charge on any atom is 0.243 e. The molecule has 1 saturated heterocycles. The van der Waals surface area contributed by atoms with Crippen LogP contribution in [0.1, 0.15) is 12.5 Å². The van der Waals surface area contributed by atoms with Gasteiger partial charge in [0.2, 0.25) is 11.9 Å². The molecule has 1 aromatic heterocycles. The number of anilines is 1. The molecule has 0 radical (unpaired) electrons. The summed E-state index contributed by atoms with van der Waals surface area (Å²) in [5.41, 5.74) is 1.07. The molecule has 1 aromatic carbocycles. The lowest BCUT2D eigenvalue weighted by molar-refractivity contribution is -0.121. The molecule has 1 fully saturated rings. The number of aromatic nitrogens is 2. The molecule has 8 heteroatoms. The molecule has 1 aliphatic rings. The molecule has 1 atom stereocenters. The first kappa shape index (κ1) is 19.5. The summed E-state index contributed by atoms with van der Waals surface area (Å²) in [7, 11) is 1.67. The van der Waals surface area contributed by atoms with Crippen LogP contribution < -0.4 is 10.1 Å². The number of ether oxygens (including phenoxy) is 1. The number of rotatable bonds is 6. The van der Waals surface area contributed by atoms with Crippen LogP contribution in [0.25, 0.3) is 0 Å². The highest BCUT2D eigenvalue weighted by molar-refractivity contribution is 6.30. The number of halogens is 1. The number of methoxy groups -OCH3 is 1. The number of hydrogen-bond donors (Lipinski definition) is 1. The summed E-state index contributed by atoms with van der Waals surface area (Å²) in [6, 6.07) is 7.15. The summed E-state index contributed by atoms with van der Waals surface area (Å²) in [6.45, 7) is 6.05. The van der Waals surface area contributed by atoms with Gasteiger partial charge in [-0.15, -0.1) is 0 Å². The number of hydrogen-bond acceptors (Lipinski definition) is 6. The molecule has 1 amide bonds. The van der Waals surface area contributed by atoms with E-state index in [1.807, 2.05) is 25.1 Å². The van der Waals surface area contributed by atoms with Crippen molar-refractivity contribution in [3.8, 4) is 5.75 Å². The predicted octanol–water partition coefficient (Wildman–Crippen LogP) is 2.28. The van der Waals surface area contributed by atoms with Gasteiger partial charge in [-0.2, -0.15) is 0 Å². The lowest BCUT2D eigenvalue weighted by Crippen LogP contribution is -2.52. The second-order valence-electron chi connectivity index (χ2n) is 6.51. The van der Waals surface area contributed by atoms with Gasteiger partial charge < -0.3 is 4.74 Å². The number of piperazine rings is 1. The maximum absolute atomic E-state index is 12.4. The molecule has 1 aliphatic heterocycles. The molecule has 0 aliphatic carbocycles. The number of nitrogens with one attached hydrogen (secondary N) is 1. The Hall–Kier alpha value is -2.22. The van der Waals surface area contributed by atoms with Gasteiger partial charge >= 0.3 is 0 Å². The van der Waals surface area contributed by atoms with E-state index in [4.69, 9.17) is 16.3 Å². The summed E-state index contributed by atoms with van der Waals surface area (Å²) in [5, 5.41) is 3.47. The van der Waals surface area contributed by atoms with Crippen LogP contribution in [0.5, 0.6) is 5.75 Å². The van der Waals surface area contributed by atoms with Gasteiger partial charge in [-0.3, -0.25) is 19.9 Å². The van der Waals surface area contributed by atoms with E-state index in [1.54, 1.807) is 25.6 Å². The van der Waals surface area contributed by atoms with E-state index in [0.29, 0.717) is 11.0 Å². The van der Waals surface area contributed by atoms with E-state index in [0.717, 1.165) is 44.0 Å². The Balaban J connectivity index is 1.52. The van der Waals surface area contributed by atoms with Gasteiger partial charge in [0.1, 0.15) is 5.75 Å². The van der Waals surface area contributed by atoms with Crippen molar-refractivity contribution in [2.75, 3.05) is 38.6 Å².